The van der Waals surface area contributed by atoms with Crippen molar-refractivity contribution in [2.45, 2.75) is 43.9 Å². The molecule has 0 radical (unpaired) electrons. The summed E-state index contributed by atoms with van der Waals surface area (Å²) in [7, 11) is 1.53. The van der Waals surface area contributed by atoms with Crippen molar-refractivity contribution < 1.29 is 37.3 Å². The minimum atomic E-state index is -4.47. The smallest absolute Gasteiger partial charge is 0.416 e. The van der Waals surface area contributed by atoms with Crippen LogP contribution in [0, 0.1) is 0 Å². The first kappa shape index (κ1) is 24.0. The Morgan fingerprint density at radius 2 is 1.89 bits per heavy atom. The number of methoxy groups -OCH3 is 1. The van der Waals surface area contributed by atoms with Crippen LogP contribution in [0.5, 0.6) is 17.2 Å². The van der Waals surface area contributed by atoms with Gasteiger partial charge >= 0.3 is 12.1 Å². The molecule has 0 saturated heterocycles. The van der Waals surface area contributed by atoms with Gasteiger partial charge in [-0.3, -0.25) is 4.79 Å². The van der Waals surface area contributed by atoms with E-state index in [9.17, 15) is 18.0 Å². The fourth-order valence-electron chi connectivity index (χ4n) is 5.19. The summed E-state index contributed by atoms with van der Waals surface area (Å²) in [5.41, 5.74) is 2.65. The van der Waals surface area contributed by atoms with Crippen LogP contribution in [0.2, 0.25) is 0 Å². The second kappa shape index (κ2) is 9.41. The zero-order valence-corrected chi connectivity index (χ0v) is 19.6. The number of fused-ring (bicyclic) bond motifs is 2. The van der Waals surface area contributed by atoms with Gasteiger partial charge in [-0.15, -0.1) is 0 Å². The summed E-state index contributed by atoms with van der Waals surface area (Å²) in [6.45, 7) is 0.297. The Hall–Kier alpha value is -3.68. The highest BCUT2D eigenvalue weighted by molar-refractivity contribution is 5.68. The largest absolute Gasteiger partial charge is 0.497 e. The number of halogens is 3. The molecular weight excluding hydrogens is 473 g/mol. The molecular formula is C28H25F3O5. The molecule has 36 heavy (non-hydrogen) atoms. The SMILES string of the molecule is COc1cccc(Cc2c(C(F)(F)F)ccc3c2CC[C@H]3Oc2ccc3c(c2)OCC3CC(=O)O)c1. The van der Waals surface area contributed by atoms with Gasteiger partial charge in [0.1, 0.15) is 23.4 Å². The van der Waals surface area contributed by atoms with E-state index in [1.165, 1.54) is 13.2 Å². The van der Waals surface area contributed by atoms with Gasteiger partial charge in [-0.2, -0.15) is 13.2 Å². The lowest BCUT2D eigenvalue weighted by atomic mass is 9.91. The maximum Gasteiger partial charge on any atom is 0.416 e. The number of aliphatic carboxylic acids is 1. The van der Waals surface area contributed by atoms with E-state index in [-0.39, 0.29) is 30.4 Å². The van der Waals surface area contributed by atoms with Gasteiger partial charge in [-0.05, 0) is 65.8 Å². The molecule has 0 bridgehead atoms. The van der Waals surface area contributed by atoms with Gasteiger partial charge in [0.15, 0.2) is 0 Å². The van der Waals surface area contributed by atoms with Crippen molar-refractivity contribution in [2.24, 2.45) is 0 Å². The topological polar surface area (TPSA) is 65.0 Å². The highest BCUT2D eigenvalue weighted by Gasteiger charge is 2.37. The monoisotopic (exact) mass is 498 g/mol. The first-order valence-electron chi connectivity index (χ1n) is 11.7. The summed E-state index contributed by atoms with van der Waals surface area (Å²) < 4.78 is 58.9. The van der Waals surface area contributed by atoms with Crippen molar-refractivity contribution in [1.29, 1.82) is 0 Å². The van der Waals surface area contributed by atoms with Crippen LogP contribution in [-0.4, -0.2) is 24.8 Å². The van der Waals surface area contributed by atoms with Crippen LogP contribution in [0.4, 0.5) is 13.2 Å². The van der Waals surface area contributed by atoms with Crippen molar-refractivity contribution >= 4 is 5.97 Å². The Morgan fingerprint density at radius 3 is 2.64 bits per heavy atom. The Bertz CT molecular complexity index is 1300. The van der Waals surface area contributed by atoms with Gasteiger partial charge in [-0.1, -0.05) is 24.3 Å². The van der Waals surface area contributed by atoms with Gasteiger partial charge in [0, 0.05) is 17.5 Å². The molecule has 2 aliphatic rings. The number of carboxylic acids is 1. The number of carboxylic acid groups (broad SMARTS) is 1. The van der Waals surface area contributed by atoms with Crippen LogP contribution in [-0.2, 0) is 23.8 Å². The molecule has 5 nitrogen and oxygen atoms in total. The predicted molar refractivity (Wildman–Crippen MR) is 126 cm³/mol. The lowest BCUT2D eigenvalue weighted by Crippen LogP contribution is -2.13. The van der Waals surface area contributed by atoms with E-state index in [0.29, 0.717) is 42.3 Å². The number of rotatable bonds is 7. The molecule has 188 valence electrons. The molecule has 3 aromatic carbocycles. The summed E-state index contributed by atoms with van der Waals surface area (Å²) in [5, 5.41) is 9.09. The molecule has 0 fully saturated rings. The maximum atomic E-state index is 13.9. The summed E-state index contributed by atoms with van der Waals surface area (Å²) in [6.07, 6.45) is -3.69. The summed E-state index contributed by atoms with van der Waals surface area (Å²) >= 11 is 0. The Balaban J connectivity index is 1.43. The molecule has 1 heterocycles. The fraction of sp³-hybridized carbons (Fsp3) is 0.321. The first-order valence-corrected chi connectivity index (χ1v) is 11.7. The van der Waals surface area contributed by atoms with Crippen LogP contribution < -0.4 is 14.2 Å². The van der Waals surface area contributed by atoms with E-state index >= 15 is 0 Å². The lowest BCUT2D eigenvalue weighted by molar-refractivity contribution is -0.138. The highest BCUT2D eigenvalue weighted by atomic mass is 19.4. The van der Waals surface area contributed by atoms with E-state index in [1.54, 1.807) is 36.4 Å². The van der Waals surface area contributed by atoms with Crippen molar-refractivity contribution in [3.63, 3.8) is 0 Å². The average molecular weight is 498 g/mol. The van der Waals surface area contributed by atoms with E-state index in [4.69, 9.17) is 19.3 Å². The van der Waals surface area contributed by atoms with Gasteiger partial charge in [0.2, 0.25) is 0 Å². The summed E-state index contributed by atoms with van der Waals surface area (Å²) in [5.74, 6) is 0.625. The molecule has 0 amide bonds. The normalized spacial score (nSPS) is 18.3. The zero-order chi connectivity index (χ0) is 25.4. The van der Waals surface area contributed by atoms with E-state index in [2.05, 4.69) is 0 Å². The molecule has 1 unspecified atom stereocenters. The number of carbonyl (C=O) groups is 1. The van der Waals surface area contributed by atoms with Crippen molar-refractivity contribution in [3.8, 4) is 17.2 Å². The second-order valence-corrected chi connectivity index (χ2v) is 9.14. The summed E-state index contributed by atoms with van der Waals surface area (Å²) in [4.78, 5) is 11.1. The Morgan fingerprint density at radius 1 is 1.08 bits per heavy atom. The molecule has 1 N–H and O–H groups in total. The molecule has 0 saturated carbocycles. The third kappa shape index (κ3) is 4.72. The molecule has 8 heteroatoms. The van der Waals surface area contributed by atoms with Crippen LogP contribution in [0.3, 0.4) is 0 Å². The van der Waals surface area contributed by atoms with Gasteiger partial charge in [-0.25, -0.2) is 0 Å². The van der Waals surface area contributed by atoms with Gasteiger partial charge in [0.05, 0.1) is 25.7 Å². The molecule has 5 rings (SSSR count). The standard InChI is InChI=1S/C28H25F3O5/c1-34-18-4-2-3-16(11-18)12-23-21-8-10-25(22(21)7-9-24(23)28(29,30)31)36-19-5-6-20-17(13-27(32)33)15-35-26(20)14-19/h2-7,9,11,14,17,25H,8,10,12-13,15H2,1H3,(H,32,33)/t17?,25-/m1/s1. The zero-order valence-electron chi connectivity index (χ0n) is 19.6. The van der Waals surface area contributed by atoms with Crippen molar-refractivity contribution in [1.82, 2.24) is 0 Å². The maximum absolute atomic E-state index is 13.9. The van der Waals surface area contributed by atoms with Gasteiger partial charge < -0.3 is 19.3 Å². The number of alkyl halides is 3. The van der Waals surface area contributed by atoms with E-state index < -0.39 is 17.7 Å². The minimum absolute atomic E-state index is 0.0131. The Labute approximate surface area is 206 Å². The van der Waals surface area contributed by atoms with E-state index in [1.807, 2.05) is 6.07 Å². The predicted octanol–water partition coefficient (Wildman–Crippen LogP) is 6.32. The molecule has 3 aromatic rings. The highest BCUT2D eigenvalue weighted by Crippen LogP contribution is 2.44. The van der Waals surface area contributed by atoms with Crippen LogP contribution in [0.15, 0.2) is 54.6 Å². The number of hydrogen-bond donors (Lipinski definition) is 1. The third-order valence-electron chi connectivity index (χ3n) is 6.86. The van der Waals surface area contributed by atoms with E-state index in [0.717, 1.165) is 22.8 Å². The molecule has 2 atom stereocenters. The number of benzene rings is 3. The fourth-order valence-corrected chi connectivity index (χ4v) is 5.19. The lowest BCUT2D eigenvalue weighted by Gasteiger charge is -2.20. The Kier molecular flexibility index (Phi) is 6.28. The minimum Gasteiger partial charge on any atom is -0.497 e. The number of ether oxygens (including phenoxy) is 3. The van der Waals surface area contributed by atoms with Crippen molar-refractivity contribution in [2.75, 3.05) is 13.7 Å². The average Bonchev–Trinajstić information content (AvgIpc) is 3.42. The third-order valence-corrected chi connectivity index (χ3v) is 6.86. The van der Waals surface area contributed by atoms with Crippen LogP contribution >= 0.6 is 0 Å². The quantitative estimate of drug-likeness (QED) is 0.413. The molecule has 1 aliphatic carbocycles. The van der Waals surface area contributed by atoms with Crippen LogP contribution in [0.1, 0.15) is 58.2 Å². The molecule has 1 aliphatic heterocycles. The second-order valence-electron chi connectivity index (χ2n) is 9.14. The summed E-state index contributed by atoms with van der Waals surface area (Å²) in [6, 6.07) is 15.1. The number of hydrogen-bond acceptors (Lipinski definition) is 4. The molecule has 0 aromatic heterocycles. The molecule has 0 spiro atoms. The van der Waals surface area contributed by atoms with Gasteiger partial charge in [0.25, 0.3) is 0 Å². The first-order chi connectivity index (χ1) is 17.2. The van der Waals surface area contributed by atoms with Crippen LogP contribution in [0.25, 0.3) is 0 Å². The van der Waals surface area contributed by atoms with Crippen molar-refractivity contribution in [3.05, 3.63) is 88.0 Å².